The van der Waals surface area contributed by atoms with Crippen LogP contribution in [-0.4, -0.2) is 32.1 Å². The van der Waals surface area contributed by atoms with Crippen molar-refractivity contribution in [1.82, 2.24) is 4.90 Å². The molecule has 0 aromatic heterocycles. The third-order valence-corrected chi connectivity index (χ3v) is 3.21. The fraction of sp³-hybridized carbons (Fsp3) is 0.571. The maximum atomic E-state index is 3.51. The normalized spacial score (nSPS) is 15.4. The molecule has 88 valence electrons. The highest BCUT2D eigenvalue weighted by Gasteiger charge is 2.07. The summed E-state index contributed by atoms with van der Waals surface area (Å²) in [5.41, 5.74) is 4.33. The Labute approximate surface area is 98.7 Å². The van der Waals surface area contributed by atoms with Crippen LogP contribution in [0, 0.1) is 0 Å². The summed E-state index contributed by atoms with van der Waals surface area (Å²) < 4.78 is 0. The monoisotopic (exact) mass is 218 g/mol. The van der Waals surface area contributed by atoms with Crippen LogP contribution in [0.1, 0.15) is 24.0 Å². The number of nitrogens with zero attached hydrogens (tertiary/aromatic N) is 1. The van der Waals surface area contributed by atoms with Crippen LogP contribution in [0.25, 0.3) is 0 Å². The molecule has 1 N–H and O–H groups in total. The van der Waals surface area contributed by atoms with Gasteiger partial charge in [-0.25, -0.2) is 0 Å². The highest BCUT2D eigenvalue weighted by molar-refractivity contribution is 5.53. The lowest BCUT2D eigenvalue weighted by Crippen LogP contribution is -2.15. The van der Waals surface area contributed by atoms with Gasteiger partial charge in [-0.15, -0.1) is 0 Å². The zero-order valence-electron chi connectivity index (χ0n) is 10.4. The second kappa shape index (κ2) is 5.35. The summed E-state index contributed by atoms with van der Waals surface area (Å²) in [6, 6.07) is 6.91. The molecule has 1 aromatic rings. The first kappa shape index (κ1) is 11.5. The minimum absolute atomic E-state index is 1.13. The van der Waals surface area contributed by atoms with Gasteiger partial charge in [-0.05, 0) is 57.0 Å². The molecule has 16 heavy (non-hydrogen) atoms. The van der Waals surface area contributed by atoms with Crippen molar-refractivity contribution in [3.05, 3.63) is 29.3 Å². The molecule has 0 radical (unpaired) electrons. The van der Waals surface area contributed by atoms with Gasteiger partial charge in [0.2, 0.25) is 0 Å². The van der Waals surface area contributed by atoms with E-state index in [9.17, 15) is 0 Å². The molecule has 1 aliphatic heterocycles. The fourth-order valence-electron chi connectivity index (χ4n) is 2.20. The molecule has 0 spiro atoms. The molecule has 2 heteroatoms. The Morgan fingerprint density at radius 1 is 1.25 bits per heavy atom. The molecule has 0 amide bonds. The Kier molecular flexibility index (Phi) is 3.83. The summed E-state index contributed by atoms with van der Waals surface area (Å²) in [6.07, 6.45) is 5.00. The first-order chi connectivity index (χ1) is 7.75. The van der Waals surface area contributed by atoms with Gasteiger partial charge in [-0.2, -0.15) is 0 Å². The topological polar surface area (TPSA) is 15.3 Å². The summed E-state index contributed by atoms with van der Waals surface area (Å²) in [5.74, 6) is 0. The van der Waals surface area contributed by atoms with Gasteiger partial charge in [0, 0.05) is 18.8 Å². The third-order valence-electron chi connectivity index (χ3n) is 3.21. The smallest absolute Gasteiger partial charge is 0.0372 e. The summed E-state index contributed by atoms with van der Waals surface area (Å²) >= 11 is 0. The molecule has 0 fully saturated rings. The van der Waals surface area contributed by atoms with Crippen LogP contribution in [0.3, 0.4) is 0 Å². The van der Waals surface area contributed by atoms with Gasteiger partial charge in [0.15, 0.2) is 0 Å². The average Bonchev–Trinajstić information content (AvgIpc) is 2.50. The highest BCUT2D eigenvalue weighted by Crippen LogP contribution is 2.22. The van der Waals surface area contributed by atoms with Gasteiger partial charge in [-0.1, -0.05) is 12.1 Å². The number of nitrogens with one attached hydrogen (secondary N) is 1. The predicted octanol–water partition coefficient (Wildman–Crippen LogP) is 2.54. The number of hydrogen-bond acceptors (Lipinski definition) is 2. The summed E-state index contributed by atoms with van der Waals surface area (Å²) in [4.78, 5) is 2.24. The molecule has 0 saturated carbocycles. The number of benzene rings is 1. The van der Waals surface area contributed by atoms with E-state index in [1.54, 1.807) is 0 Å². The van der Waals surface area contributed by atoms with Crippen molar-refractivity contribution < 1.29 is 0 Å². The quantitative estimate of drug-likeness (QED) is 0.838. The number of rotatable bonds is 3. The molecular weight excluding hydrogens is 196 g/mol. The van der Waals surface area contributed by atoms with Crippen molar-refractivity contribution in [1.29, 1.82) is 0 Å². The third kappa shape index (κ3) is 2.99. The fourth-order valence-corrected chi connectivity index (χ4v) is 2.20. The van der Waals surface area contributed by atoms with Gasteiger partial charge < -0.3 is 10.2 Å². The van der Waals surface area contributed by atoms with Crippen LogP contribution in [0.2, 0.25) is 0 Å². The SMILES string of the molecule is CN(C)CCc1ccc2c(c1)CCCCN2. The van der Waals surface area contributed by atoms with E-state index < -0.39 is 0 Å². The van der Waals surface area contributed by atoms with E-state index in [2.05, 4.69) is 42.5 Å². The number of aryl methyl sites for hydroxylation is 1. The molecule has 0 unspecified atom stereocenters. The minimum Gasteiger partial charge on any atom is -0.385 e. The minimum atomic E-state index is 1.13. The summed E-state index contributed by atoms with van der Waals surface area (Å²) in [7, 11) is 4.26. The summed E-state index contributed by atoms with van der Waals surface area (Å²) in [6.45, 7) is 2.26. The van der Waals surface area contributed by atoms with Crippen LogP contribution in [0.15, 0.2) is 18.2 Å². The lowest BCUT2D eigenvalue weighted by atomic mass is 10.0. The number of likely N-dealkylation sites (N-methyl/N-ethyl adjacent to an activating group) is 1. The zero-order valence-corrected chi connectivity index (χ0v) is 10.4. The van der Waals surface area contributed by atoms with E-state index in [-0.39, 0.29) is 0 Å². The van der Waals surface area contributed by atoms with Crippen LogP contribution < -0.4 is 5.32 Å². The predicted molar refractivity (Wildman–Crippen MR) is 70.1 cm³/mol. The van der Waals surface area contributed by atoms with E-state index >= 15 is 0 Å². The molecule has 0 aliphatic carbocycles. The molecule has 1 aromatic carbocycles. The Hall–Kier alpha value is -1.02. The van der Waals surface area contributed by atoms with Crippen LogP contribution >= 0.6 is 0 Å². The van der Waals surface area contributed by atoms with Crippen molar-refractivity contribution in [2.24, 2.45) is 0 Å². The molecule has 1 aliphatic rings. The number of hydrogen-bond donors (Lipinski definition) is 1. The first-order valence-corrected chi connectivity index (χ1v) is 6.26. The molecule has 2 rings (SSSR count). The molecule has 1 heterocycles. The number of fused-ring (bicyclic) bond motifs is 1. The Morgan fingerprint density at radius 2 is 2.12 bits per heavy atom. The van der Waals surface area contributed by atoms with Crippen LogP contribution in [-0.2, 0) is 12.8 Å². The van der Waals surface area contributed by atoms with E-state index in [0.717, 1.165) is 19.5 Å². The highest BCUT2D eigenvalue weighted by atomic mass is 15.0. The lowest BCUT2D eigenvalue weighted by molar-refractivity contribution is 0.413. The van der Waals surface area contributed by atoms with Crippen molar-refractivity contribution >= 4 is 5.69 Å². The van der Waals surface area contributed by atoms with Crippen LogP contribution in [0.5, 0.6) is 0 Å². The Bertz CT molecular complexity index is 345. The van der Waals surface area contributed by atoms with Crippen molar-refractivity contribution in [3.8, 4) is 0 Å². The molecule has 0 saturated heterocycles. The van der Waals surface area contributed by atoms with E-state index in [4.69, 9.17) is 0 Å². The average molecular weight is 218 g/mol. The van der Waals surface area contributed by atoms with Crippen molar-refractivity contribution in [3.63, 3.8) is 0 Å². The first-order valence-electron chi connectivity index (χ1n) is 6.26. The molecule has 0 bridgehead atoms. The van der Waals surface area contributed by atoms with E-state index in [1.165, 1.54) is 36.1 Å². The maximum absolute atomic E-state index is 3.51. The second-order valence-corrected chi connectivity index (χ2v) is 4.93. The maximum Gasteiger partial charge on any atom is 0.0372 e. The van der Waals surface area contributed by atoms with Crippen LogP contribution in [0.4, 0.5) is 5.69 Å². The van der Waals surface area contributed by atoms with E-state index in [0.29, 0.717) is 0 Å². The Balaban J connectivity index is 2.08. The molecule has 2 nitrogen and oxygen atoms in total. The van der Waals surface area contributed by atoms with Gasteiger partial charge >= 0.3 is 0 Å². The van der Waals surface area contributed by atoms with Crippen molar-refractivity contribution in [2.45, 2.75) is 25.7 Å². The van der Waals surface area contributed by atoms with Gasteiger partial charge in [-0.3, -0.25) is 0 Å². The van der Waals surface area contributed by atoms with E-state index in [1.807, 2.05) is 0 Å². The summed E-state index contributed by atoms with van der Waals surface area (Å²) in [5, 5.41) is 3.51. The zero-order chi connectivity index (χ0) is 11.4. The molecular formula is C14H22N2. The standard InChI is InChI=1S/C14H22N2/c1-16(2)10-8-12-6-7-14-13(11-12)5-3-4-9-15-14/h6-7,11,15H,3-5,8-10H2,1-2H3. The number of anilines is 1. The second-order valence-electron chi connectivity index (χ2n) is 4.93. The largest absolute Gasteiger partial charge is 0.385 e. The molecule has 0 atom stereocenters. The van der Waals surface area contributed by atoms with Gasteiger partial charge in [0.05, 0.1) is 0 Å². The lowest BCUT2D eigenvalue weighted by Gasteiger charge is -2.12. The van der Waals surface area contributed by atoms with Gasteiger partial charge in [0.25, 0.3) is 0 Å². The van der Waals surface area contributed by atoms with Crippen molar-refractivity contribution in [2.75, 3.05) is 32.5 Å². The van der Waals surface area contributed by atoms with Gasteiger partial charge in [0.1, 0.15) is 0 Å². The Morgan fingerprint density at radius 3 is 2.94 bits per heavy atom.